The molecule has 0 atom stereocenters. The van der Waals surface area contributed by atoms with E-state index in [4.69, 9.17) is 9.47 Å². The van der Waals surface area contributed by atoms with E-state index in [1.807, 2.05) is 0 Å². The third kappa shape index (κ3) is 6.98. The third-order valence-corrected chi connectivity index (χ3v) is 2.48. The summed E-state index contributed by atoms with van der Waals surface area (Å²) in [6.45, 7) is 3.23. The van der Waals surface area contributed by atoms with E-state index in [1.165, 1.54) is 12.2 Å². The van der Waals surface area contributed by atoms with Gasteiger partial charge in [0.2, 0.25) is 0 Å². The van der Waals surface area contributed by atoms with Crippen LogP contribution in [0, 0.1) is 0 Å². The molecule has 0 unspecified atom stereocenters. The van der Waals surface area contributed by atoms with Crippen molar-refractivity contribution in [2.75, 3.05) is 39.6 Å². The van der Waals surface area contributed by atoms with E-state index in [9.17, 15) is 14.4 Å². The quantitative estimate of drug-likeness (QED) is 0.226. The van der Waals surface area contributed by atoms with Gasteiger partial charge in [-0.3, -0.25) is 19.4 Å². The van der Waals surface area contributed by atoms with E-state index in [1.54, 1.807) is 6.92 Å². The van der Waals surface area contributed by atoms with Crippen LogP contribution in [0.1, 0.15) is 13.3 Å². The van der Waals surface area contributed by atoms with Gasteiger partial charge in [0, 0.05) is 18.6 Å². The van der Waals surface area contributed by atoms with Crippen molar-refractivity contribution in [3.8, 4) is 0 Å². The highest BCUT2D eigenvalue weighted by Gasteiger charge is 2.22. The number of amides is 2. The molecule has 1 rings (SSSR count). The van der Waals surface area contributed by atoms with E-state index in [2.05, 4.69) is 9.78 Å². The highest BCUT2D eigenvalue weighted by atomic mass is 17.2. The molecule has 0 aliphatic carbocycles. The lowest BCUT2D eigenvalue weighted by molar-refractivity contribution is -0.276. The zero-order valence-corrected chi connectivity index (χ0v) is 11.9. The summed E-state index contributed by atoms with van der Waals surface area (Å²) in [4.78, 5) is 43.2. The minimum Gasteiger partial charge on any atom is -0.377 e. The molecule has 0 aromatic rings. The Morgan fingerprint density at radius 1 is 1.00 bits per heavy atom. The number of carbonyl (C=O) groups is 3. The van der Waals surface area contributed by atoms with Crippen molar-refractivity contribution in [1.82, 2.24) is 4.90 Å². The molecule has 8 heteroatoms. The standard InChI is InChI=1S/C13H19NO7/c1-2-13(17)21-20-10-9-19-8-7-18-6-5-14-11(15)3-4-12(14)16/h3-4H,2,5-10H2,1H3. The molecule has 0 saturated heterocycles. The fraction of sp³-hybridized carbons (Fsp3) is 0.615. The highest BCUT2D eigenvalue weighted by molar-refractivity contribution is 6.12. The molecule has 0 radical (unpaired) electrons. The molecule has 0 spiro atoms. The van der Waals surface area contributed by atoms with Gasteiger partial charge < -0.3 is 9.47 Å². The molecule has 0 saturated carbocycles. The molecular formula is C13H19NO7. The first kappa shape index (κ1) is 17.3. The van der Waals surface area contributed by atoms with Crippen molar-refractivity contribution in [3.05, 3.63) is 12.2 Å². The van der Waals surface area contributed by atoms with Crippen LogP contribution in [0.15, 0.2) is 12.2 Å². The number of hydrogen-bond donors (Lipinski definition) is 0. The number of rotatable bonds is 11. The van der Waals surface area contributed by atoms with Gasteiger partial charge in [-0.25, -0.2) is 4.79 Å². The van der Waals surface area contributed by atoms with Gasteiger partial charge in [0.1, 0.15) is 6.61 Å². The van der Waals surface area contributed by atoms with Crippen LogP contribution in [0.25, 0.3) is 0 Å². The van der Waals surface area contributed by atoms with Crippen molar-refractivity contribution in [2.24, 2.45) is 0 Å². The second-order valence-electron chi connectivity index (χ2n) is 4.02. The average Bonchev–Trinajstić information content (AvgIpc) is 2.80. The lowest BCUT2D eigenvalue weighted by Gasteiger charge is -2.13. The molecule has 2 amide bonds. The predicted octanol–water partition coefficient (Wildman–Crippen LogP) is -0.171. The Balaban J connectivity index is 1.86. The Morgan fingerprint density at radius 3 is 2.19 bits per heavy atom. The zero-order valence-electron chi connectivity index (χ0n) is 11.9. The van der Waals surface area contributed by atoms with Gasteiger partial charge in [0.15, 0.2) is 0 Å². The first-order valence-electron chi connectivity index (χ1n) is 6.66. The molecule has 0 bridgehead atoms. The van der Waals surface area contributed by atoms with Crippen molar-refractivity contribution >= 4 is 17.8 Å². The monoisotopic (exact) mass is 301 g/mol. The normalized spacial score (nSPS) is 14.0. The van der Waals surface area contributed by atoms with Crippen LogP contribution in [0.2, 0.25) is 0 Å². The number of ether oxygens (including phenoxy) is 2. The van der Waals surface area contributed by atoms with Crippen LogP contribution in [0.3, 0.4) is 0 Å². The number of nitrogens with zero attached hydrogens (tertiary/aromatic N) is 1. The van der Waals surface area contributed by atoms with Gasteiger partial charge in [-0.1, -0.05) is 6.92 Å². The minimum absolute atomic E-state index is 0.147. The SMILES string of the molecule is CCC(=O)OOCCOCCOCCN1C(=O)C=CC1=O. The Bertz CT molecular complexity index is 376. The van der Waals surface area contributed by atoms with E-state index < -0.39 is 5.97 Å². The van der Waals surface area contributed by atoms with Crippen LogP contribution >= 0.6 is 0 Å². The van der Waals surface area contributed by atoms with Gasteiger partial charge in [0.05, 0.1) is 33.0 Å². The maximum Gasteiger partial charge on any atom is 0.342 e. The van der Waals surface area contributed by atoms with Crippen LogP contribution < -0.4 is 0 Å². The summed E-state index contributed by atoms with van der Waals surface area (Å²) in [5.74, 6) is -1.07. The van der Waals surface area contributed by atoms with Gasteiger partial charge in [-0.05, 0) is 0 Å². The smallest absolute Gasteiger partial charge is 0.342 e. The summed E-state index contributed by atoms with van der Waals surface area (Å²) < 4.78 is 10.4. The highest BCUT2D eigenvalue weighted by Crippen LogP contribution is 2.02. The third-order valence-electron chi connectivity index (χ3n) is 2.48. The first-order valence-corrected chi connectivity index (χ1v) is 6.66. The Kier molecular flexibility index (Phi) is 8.25. The largest absolute Gasteiger partial charge is 0.377 e. The molecule has 0 N–H and O–H groups in total. The van der Waals surface area contributed by atoms with Crippen LogP contribution in [0.4, 0.5) is 0 Å². The lowest BCUT2D eigenvalue weighted by Crippen LogP contribution is -2.33. The van der Waals surface area contributed by atoms with Crippen LogP contribution in [-0.2, 0) is 33.6 Å². The molecule has 0 fully saturated rings. The minimum atomic E-state index is -0.432. The van der Waals surface area contributed by atoms with E-state index in [0.29, 0.717) is 13.2 Å². The average molecular weight is 301 g/mol. The predicted molar refractivity (Wildman–Crippen MR) is 69.8 cm³/mol. The van der Waals surface area contributed by atoms with Crippen molar-refractivity contribution in [1.29, 1.82) is 0 Å². The zero-order chi connectivity index (χ0) is 15.5. The van der Waals surface area contributed by atoms with Crippen LogP contribution in [-0.4, -0.2) is 62.3 Å². The second kappa shape index (κ2) is 10.0. The van der Waals surface area contributed by atoms with Gasteiger partial charge in [0.25, 0.3) is 11.8 Å². The summed E-state index contributed by atoms with van der Waals surface area (Å²) >= 11 is 0. The molecule has 1 aliphatic rings. The van der Waals surface area contributed by atoms with E-state index in [0.717, 1.165) is 4.90 Å². The van der Waals surface area contributed by atoms with Crippen molar-refractivity contribution < 1.29 is 33.6 Å². The molecule has 0 aromatic carbocycles. The fourth-order valence-electron chi connectivity index (χ4n) is 1.39. The Morgan fingerprint density at radius 2 is 1.57 bits per heavy atom. The maximum atomic E-state index is 11.2. The fourth-order valence-corrected chi connectivity index (χ4v) is 1.39. The van der Waals surface area contributed by atoms with Gasteiger partial charge in [-0.2, -0.15) is 4.89 Å². The van der Waals surface area contributed by atoms with E-state index in [-0.39, 0.29) is 44.6 Å². The maximum absolute atomic E-state index is 11.2. The van der Waals surface area contributed by atoms with Crippen molar-refractivity contribution in [3.63, 3.8) is 0 Å². The molecule has 8 nitrogen and oxygen atoms in total. The molecule has 1 heterocycles. The van der Waals surface area contributed by atoms with Crippen LogP contribution in [0.5, 0.6) is 0 Å². The number of carbonyl (C=O) groups excluding carboxylic acids is 3. The topological polar surface area (TPSA) is 91.4 Å². The summed E-state index contributed by atoms with van der Waals surface area (Å²) in [5.41, 5.74) is 0. The summed E-state index contributed by atoms with van der Waals surface area (Å²) in [5, 5.41) is 0. The Hall–Kier alpha value is -1.77. The molecule has 118 valence electrons. The second-order valence-corrected chi connectivity index (χ2v) is 4.02. The number of hydrogen-bond acceptors (Lipinski definition) is 7. The molecule has 21 heavy (non-hydrogen) atoms. The van der Waals surface area contributed by atoms with Crippen molar-refractivity contribution in [2.45, 2.75) is 13.3 Å². The summed E-state index contributed by atoms with van der Waals surface area (Å²) in [6.07, 6.45) is 2.72. The Labute approximate surface area is 122 Å². The van der Waals surface area contributed by atoms with Gasteiger partial charge in [-0.15, -0.1) is 0 Å². The van der Waals surface area contributed by atoms with Gasteiger partial charge >= 0.3 is 5.97 Å². The molecule has 0 aromatic heterocycles. The summed E-state index contributed by atoms with van der Waals surface area (Å²) in [6, 6.07) is 0. The molecular weight excluding hydrogens is 282 g/mol. The number of imide groups is 1. The summed E-state index contributed by atoms with van der Waals surface area (Å²) in [7, 11) is 0. The van der Waals surface area contributed by atoms with E-state index >= 15 is 0 Å². The molecule has 1 aliphatic heterocycles. The first-order chi connectivity index (χ1) is 10.1. The lowest BCUT2D eigenvalue weighted by atomic mass is 10.5.